The van der Waals surface area contributed by atoms with E-state index in [1.807, 2.05) is 44.2 Å². The van der Waals surface area contributed by atoms with Crippen molar-refractivity contribution in [2.75, 3.05) is 7.11 Å². The fraction of sp³-hybridized carbons (Fsp3) is 0.481. The first-order chi connectivity index (χ1) is 16.2. The number of hydrogen-bond donors (Lipinski definition) is 1. The smallest absolute Gasteiger partial charge is 0.408 e. The van der Waals surface area contributed by atoms with Crippen LogP contribution >= 0.6 is 23.2 Å². The third kappa shape index (κ3) is 6.89. The molecule has 0 radical (unpaired) electrons. The summed E-state index contributed by atoms with van der Waals surface area (Å²) >= 11 is 12.5. The average molecular weight is 506 g/mol. The molecule has 2 aromatic carbocycles. The van der Waals surface area contributed by atoms with E-state index in [1.54, 1.807) is 18.2 Å². The van der Waals surface area contributed by atoms with E-state index in [-0.39, 0.29) is 0 Å². The molecule has 0 unspecified atom stereocenters. The van der Waals surface area contributed by atoms with E-state index in [9.17, 15) is 9.59 Å². The zero-order valence-corrected chi connectivity index (χ0v) is 21.5. The average Bonchev–Trinajstić information content (AvgIpc) is 2.82. The van der Waals surface area contributed by atoms with Crippen molar-refractivity contribution in [2.24, 2.45) is 5.92 Å². The maximum Gasteiger partial charge on any atom is 0.408 e. The molecule has 1 aliphatic carbocycles. The fourth-order valence-electron chi connectivity index (χ4n) is 4.74. The van der Waals surface area contributed by atoms with Gasteiger partial charge in [-0.15, -0.1) is 0 Å². The van der Waals surface area contributed by atoms with Crippen molar-refractivity contribution in [2.45, 2.75) is 69.9 Å². The van der Waals surface area contributed by atoms with E-state index in [0.29, 0.717) is 22.4 Å². The number of nitrogens with one attached hydrogen (secondary N) is 1. The van der Waals surface area contributed by atoms with Gasteiger partial charge in [-0.3, -0.25) is 0 Å². The van der Waals surface area contributed by atoms with Crippen molar-refractivity contribution in [3.63, 3.8) is 0 Å². The minimum atomic E-state index is -0.755. The molecule has 0 saturated heterocycles. The van der Waals surface area contributed by atoms with Crippen LogP contribution in [-0.2, 0) is 19.7 Å². The zero-order valence-electron chi connectivity index (χ0n) is 20.0. The van der Waals surface area contributed by atoms with Gasteiger partial charge in [-0.2, -0.15) is 0 Å². The SMILES string of the molecule is COC(=O)[C@H](CC1CCCCC1)NC(=O)O[C@@H](c1cccc(Cl)c1)C(C)(C)c1cccc(Cl)c1. The second kappa shape index (κ2) is 11.9. The number of alkyl carbamates (subject to hydrolysis) is 1. The first kappa shape index (κ1) is 26.4. The van der Waals surface area contributed by atoms with Gasteiger partial charge in [0, 0.05) is 15.5 Å². The van der Waals surface area contributed by atoms with E-state index in [2.05, 4.69) is 5.32 Å². The molecule has 0 bridgehead atoms. The second-order valence-corrected chi connectivity index (χ2v) is 10.4. The Kier molecular flexibility index (Phi) is 9.26. The van der Waals surface area contributed by atoms with Gasteiger partial charge in [-0.25, -0.2) is 9.59 Å². The molecule has 0 aliphatic heterocycles. The van der Waals surface area contributed by atoms with Gasteiger partial charge in [0.2, 0.25) is 0 Å². The summed E-state index contributed by atoms with van der Waals surface area (Å²) < 4.78 is 11.0. The first-order valence-corrected chi connectivity index (χ1v) is 12.5. The lowest BCUT2D eigenvalue weighted by Gasteiger charge is -2.35. The van der Waals surface area contributed by atoms with Crippen molar-refractivity contribution in [3.8, 4) is 0 Å². The topological polar surface area (TPSA) is 64.6 Å². The summed E-state index contributed by atoms with van der Waals surface area (Å²) in [7, 11) is 1.33. The van der Waals surface area contributed by atoms with Crippen LogP contribution in [0.3, 0.4) is 0 Å². The lowest BCUT2D eigenvalue weighted by atomic mass is 9.76. The summed E-state index contributed by atoms with van der Waals surface area (Å²) in [5.74, 6) is -0.0827. The Morgan fingerprint density at radius 2 is 1.68 bits per heavy atom. The van der Waals surface area contributed by atoms with E-state index < -0.39 is 29.6 Å². The van der Waals surface area contributed by atoms with Gasteiger partial charge in [0.1, 0.15) is 12.1 Å². The number of halogens is 2. The molecule has 1 N–H and O–H groups in total. The van der Waals surface area contributed by atoms with E-state index in [4.69, 9.17) is 32.7 Å². The highest BCUT2D eigenvalue weighted by Crippen LogP contribution is 2.41. The van der Waals surface area contributed by atoms with Gasteiger partial charge in [-0.1, -0.05) is 93.4 Å². The molecule has 1 amide bonds. The van der Waals surface area contributed by atoms with Gasteiger partial charge in [-0.05, 0) is 47.7 Å². The van der Waals surface area contributed by atoms with Crippen molar-refractivity contribution in [1.82, 2.24) is 5.32 Å². The van der Waals surface area contributed by atoms with Crippen LogP contribution in [-0.4, -0.2) is 25.2 Å². The van der Waals surface area contributed by atoms with Crippen LogP contribution in [0.1, 0.15) is 69.6 Å². The molecular weight excluding hydrogens is 473 g/mol. The van der Waals surface area contributed by atoms with E-state index in [1.165, 1.54) is 13.5 Å². The number of carbonyl (C=O) groups is 2. The molecule has 7 heteroatoms. The summed E-state index contributed by atoms with van der Waals surface area (Å²) in [4.78, 5) is 25.6. The van der Waals surface area contributed by atoms with Crippen molar-refractivity contribution in [1.29, 1.82) is 0 Å². The number of benzene rings is 2. The molecule has 1 aliphatic rings. The van der Waals surface area contributed by atoms with Gasteiger partial charge in [0.25, 0.3) is 0 Å². The Balaban J connectivity index is 1.84. The highest BCUT2D eigenvalue weighted by Gasteiger charge is 2.37. The number of carbonyl (C=O) groups excluding carboxylic acids is 2. The molecule has 1 saturated carbocycles. The number of methoxy groups -OCH3 is 1. The summed E-state index contributed by atoms with van der Waals surface area (Å²) in [6.07, 6.45) is 4.80. The lowest BCUT2D eigenvalue weighted by molar-refractivity contribution is -0.143. The molecule has 0 aromatic heterocycles. The highest BCUT2D eigenvalue weighted by molar-refractivity contribution is 6.30. The molecular formula is C27H33Cl2NO4. The highest BCUT2D eigenvalue weighted by atomic mass is 35.5. The molecule has 0 spiro atoms. The molecule has 0 heterocycles. The molecule has 1 fully saturated rings. The van der Waals surface area contributed by atoms with Crippen molar-refractivity contribution < 1.29 is 19.1 Å². The predicted molar refractivity (Wildman–Crippen MR) is 135 cm³/mol. The van der Waals surface area contributed by atoms with Gasteiger partial charge >= 0.3 is 12.1 Å². The van der Waals surface area contributed by atoms with Crippen LogP contribution < -0.4 is 5.32 Å². The van der Waals surface area contributed by atoms with Crippen LogP contribution in [0.4, 0.5) is 4.79 Å². The number of ether oxygens (including phenoxy) is 2. The Labute approximate surface area is 212 Å². The fourth-order valence-corrected chi connectivity index (χ4v) is 5.13. The third-order valence-electron chi connectivity index (χ3n) is 6.67. The normalized spacial score (nSPS) is 16.4. The summed E-state index contributed by atoms with van der Waals surface area (Å²) in [6, 6.07) is 14.0. The third-order valence-corrected chi connectivity index (χ3v) is 7.14. The van der Waals surface area contributed by atoms with Crippen LogP contribution in [0.25, 0.3) is 0 Å². The molecule has 184 valence electrons. The lowest BCUT2D eigenvalue weighted by Crippen LogP contribution is -2.44. The molecule has 5 nitrogen and oxygen atoms in total. The maximum atomic E-state index is 13.1. The van der Waals surface area contributed by atoms with Crippen LogP contribution in [0.15, 0.2) is 48.5 Å². The molecule has 34 heavy (non-hydrogen) atoms. The van der Waals surface area contributed by atoms with E-state index >= 15 is 0 Å². The summed E-state index contributed by atoms with van der Waals surface area (Å²) in [5.41, 5.74) is 1.01. The number of esters is 1. The quantitative estimate of drug-likeness (QED) is 0.383. The van der Waals surface area contributed by atoms with Gasteiger partial charge < -0.3 is 14.8 Å². The van der Waals surface area contributed by atoms with Crippen LogP contribution in [0.2, 0.25) is 10.0 Å². The molecule has 3 rings (SSSR count). The Bertz CT molecular complexity index is 988. The van der Waals surface area contributed by atoms with Crippen molar-refractivity contribution in [3.05, 3.63) is 69.7 Å². The van der Waals surface area contributed by atoms with E-state index in [0.717, 1.165) is 36.8 Å². The van der Waals surface area contributed by atoms with Crippen LogP contribution in [0, 0.1) is 5.92 Å². The Morgan fingerprint density at radius 1 is 1.03 bits per heavy atom. The monoisotopic (exact) mass is 505 g/mol. The summed E-state index contributed by atoms with van der Waals surface area (Å²) in [6.45, 7) is 3.97. The summed E-state index contributed by atoms with van der Waals surface area (Å²) in [5, 5.41) is 3.91. The second-order valence-electron chi connectivity index (χ2n) is 9.53. The Hall–Kier alpha value is -2.24. The zero-order chi connectivity index (χ0) is 24.7. The molecule has 2 atom stereocenters. The number of hydrogen-bond acceptors (Lipinski definition) is 4. The van der Waals surface area contributed by atoms with Gasteiger partial charge in [0.05, 0.1) is 7.11 Å². The standard InChI is InChI=1S/C27H33Cl2NO4/c1-27(2,20-12-8-14-22(29)17-20)24(19-11-7-13-21(28)16-19)34-26(32)30-23(25(31)33-3)15-18-9-5-4-6-10-18/h7-8,11-14,16-18,23-24H,4-6,9-10,15H2,1-3H3,(H,30,32)/t23-,24-/m0/s1. The Morgan fingerprint density at radius 3 is 2.29 bits per heavy atom. The number of rotatable bonds is 8. The van der Waals surface area contributed by atoms with Crippen LogP contribution in [0.5, 0.6) is 0 Å². The van der Waals surface area contributed by atoms with Crippen molar-refractivity contribution >= 4 is 35.3 Å². The minimum Gasteiger partial charge on any atom is -0.467 e. The number of amides is 1. The predicted octanol–water partition coefficient (Wildman–Crippen LogP) is 7.25. The molecule has 2 aromatic rings. The maximum absolute atomic E-state index is 13.1. The first-order valence-electron chi connectivity index (χ1n) is 11.8. The van der Waals surface area contributed by atoms with Gasteiger partial charge in [0.15, 0.2) is 0 Å². The minimum absolute atomic E-state index is 0.379. The largest absolute Gasteiger partial charge is 0.467 e.